The summed E-state index contributed by atoms with van der Waals surface area (Å²) in [5.41, 5.74) is -0.827. The fraction of sp³-hybridized carbons (Fsp3) is 0.952. The zero-order chi connectivity index (χ0) is 35.9. The smallest absolute Gasteiger partial charge is 0.311 e. The molecule has 0 aromatic heterocycles. The highest BCUT2D eigenvalue weighted by Gasteiger charge is 2.29. The first kappa shape index (κ1) is 46.9. The minimum Gasteiger partial charge on any atom is -0.465 e. The first-order valence-electron chi connectivity index (χ1n) is 20.7. The second-order valence-corrected chi connectivity index (χ2v) is 15.9. The van der Waals surface area contributed by atoms with Crippen LogP contribution in [-0.2, 0) is 19.1 Å². The molecule has 0 heterocycles. The predicted octanol–water partition coefficient (Wildman–Crippen LogP) is 11.5. The van der Waals surface area contributed by atoms with E-state index in [9.17, 15) is 14.7 Å². The Bertz CT molecular complexity index is 748. The molecular weight excluding hydrogens is 598 g/mol. The first-order chi connectivity index (χ1) is 23.0. The van der Waals surface area contributed by atoms with Crippen molar-refractivity contribution in [1.82, 2.24) is 4.90 Å². The van der Waals surface area contributed by atoms with E-state index in [2.05, 4.69) is 25.7 Å². The quantitative estimate of drug-likeness (QED) is 0.0530. The highest BCUT2D eigenvalue weighted by atomic mass is 16.5. The molecule has 6 heteroatoms. The van der Waals surface area contributed by atoms with E-state index < -0.39 is 10.8 Å². The van der Waals surface area contributed by atoms with Crippen LogP contribution in [0.3, 0.4) is 0 Å². The number of aliphatic hydroxyl groups is 1. The number of rotatable bonds is 35. The number of carbonyl (C=O) groups is 2. The second-order valence-electron chi connectivity index (χ2n) is 15.9. The predicted molar refractivity (Wildman–Crippen MR) is 204 cm³/mol. The molecule has 0 aromatic carbocycles. The molecule has 286 valence electrons. The van der Waals surface area contributed by atoms with Gasteiger partial charge in [0.15, 0.2) is 0 Å². The van der Waals surface area contributed by atoms with Crippen LogP contribution in [-0.4, -0.2) is 61.4 Å². The molecule has 0 aliphatic carbocycles. The van der Waals surface area contributed by atoms with Crippen LogP contribution in [0.15, 0.2) is 0 Å². The maximum absolute atomic E-state index is 12.7. The molecule has 0 atom stereocenters. The number of hydrogen-bond donors (Lipinski definition) is 1. The lowest BCUT2D eigenvalue weighted by atomic mass is 9.87. The number of nitrogens with zero attached hydrogens (tertiary/aromatic N) is 1. The van der Waals surface area contributed by atoms with E-state index in [1.54, 1.807) is 0 Å². The van der Waals surface area contributed by atoms with Crippen molar-refractivity contribution in [2.24, 2.45) is 16.7 Å². The molecule has 0 saturated carbocycles. The average molecular weight is 682 g/mol. The van der Waals surface area contributed by atoms with Crippen molar-refractivity contribution in [1.29, 1.82) is 0 Å². The van der Waals surface area contributed by atoms with E-state index in [1.807, 2.05) is 27.7 Å². The summed E-state index contributed by atoms with van der Waals surface area (Å²) in [4.78, 5) is 27.6. The molecule has 0 saturated heterocycles. The van der Waals surface area contributed by atoms with Gasteiger partial charge in [0.25, 0.3) is 0 Å². The summed E-state index contributed by atoms with van der Waals surface area (Å²) in [6.07, 6.45) is 27.8. The topological polar surface area (TPSA) is 76.1 Å². The van der Waals surface area contributed by atoms with E-state index in [1.165, 1.54) is 64.2 Å². The first-order valence-corrected chi connectivity index (χ1v) is 20.7. The van der Waals surface area contributed by atoms with E-state index in [4.69, 9.17) is 9.47 Å². The maximum atomic E-state index is 12.7. The van der Waals surface area contributed by atoms with Crippen molar-refractivity contribution < 1.29 is 24.2 Å². The van der Waals surface area contributed by atoms with Crippen LogP contribution in [0.4, 0.5) is 0 Å². The second kappa shape index (κ2) is 30.7. The summed E-state index contributed by atoms with van der Waals surface area (Å²) in [5, 5.41) is 9.56. The summed E-state index contributed by atoms with van der Waals surface area (Å²) in [5.74, 6) is 0.781. The largest absolute Gasteiger partial charge is 0.465 e. The number of hydrogen-bond acceptors (Lipinski definition) is 6. The zero-order valence-corrected chi connectivity index (χ0v) is 33.3. The Balaban J connectivity index is 3.97. The normalized spacial score (nSPS) is 12.3. The van der Waals surface area contributed by atoms with Crippen LogP contribution >= 0.6 is 0 Å². The van der Waals surface area contributed by atoms with Crippen molar-refractivity contribution in [3.05, 3.63) is 0 Å². The molecule has 1 N–H and O–H groups in total. The molecule has 6 nitrogen and oxygen atoms in total. The number of aliphatic hydroxyl groups excluding tert-OH is 1. The Morgan fingerprint density at radius 3 is 1.38 bits per heavy atom. The summed E-state index contributed by atoms with van der Waals surface area (Å²) in [6, 6.07) is 0. The molecule has 0 aromatic rings. The lowest BCUT2D eigenvalue weighted by Gasteiger charge is -2.23. The van der Waals surface area contributed by atoms with Crippen molar-refractivity contribution in [2.45, 2.75) is 203 Å². The Morgan fingerprint density at radius 2 is 0.938 bits per heavy atom. The van der Waals surface area contributed by atoms with Crippen molar-refractivity contribution in [3.63, 3.8) is 0 Å². The third-order valence-electron chi connectivity index (χ3n) is 10.4. The van der Waals surface area contributed by atoms with Gasteiger partial charge in [-0.25, -0.2) is 0 Å². The third-order valence-corrected chi connectivity index (χ3v) is 10.4. The third kappa shape index (κ3) is 25.8. The van der Waals surface area contributed by atoms with Crippen molar-refractivity contribution in [2.75, 3.05) is 39.5 Å². The van der Waals surface area contributed by atoms with Gasteiger partial charge in [0.05, 0.1) is 30.7 Å². The van der Waals surface area contributed by atoms with E-state index in [0.29, 0.717) is 13.2 Å². The maximum Gasteiger partial charge on any atom is 0.311 e. The monoisotopic (exact) mass is 682 g/mol. The fourth-order valence-corrected chi connectivity index (χ4v) is 6.56. The lowest BCUT2D eigenvalue weighted by Crippen LogP contribution is -2.29. The van der Waals surface area contributed by atoms with Crippen molar-refractivity contribution >= 4 is 11.9 Å². The standard InChI is InChI=1S/C42H83NO5/c1-8-11-12-13-14-20-27-36-47-39(45)41(4,5)30-23-16-18-25-32-43(34-35-44)33-26-19-17-24-31-42(6,7)40(46)48-37-28-21-15-22-29-38(9-2)10-3/h38,44H,8-37H2,1-7H3. The summed E-state index contributed by atoms with van der Waals surface area (Å²) < 4.78 is 11.3. The van der Waals surface area contributed by atoms with Gasteiger partial charge in [0.2, 0.25) is 0 Å². The van der Waals surface area contributed by atoms with Gasteiger partial charge in [-0.3, -0.25) is 9.59 Å². The Hall–Kier alpha value is -1.14. The van der Waals surface area contributed by atoms with Crippen LogP contribution in [0.1, 0.15) is 203 Å². The molecule has 0 spiro atoms. The number of carbonyl (C=O) groups excluding carboxylic acids is 2. The van der Waals surface area contributed by atoms with E-state index >= 15 is 0 Å². The van der Waals surface area contributed by atoms with Gasteiger partial charge in [-0.05, 0) is 85.2 Å². The molecule has 0 aliphatic rings. The molecule has 0 unspecified atom stereocenters. The molecule has 0 bridgehead atoms. The Labute approximate surface area is 299 Å². The average Bonchev–Trinajstić information content (AvgIpc) is 3.06. The van der Waals surface area contributed by atoms with Gasteiger partial charge >= 0.3 is 11.9 Å². The summed E-state index contributed by atoms with van der Waals surface area (Å²) in [6.45, 7) is 19.0. The van der Waals surface area contributed by atoms with E-state index in [0.717, 1.165) is 115 Å². The minimum atomic E-state index is -0.416. The minimum absolute atomic E-state index is 0.0454. The molecule has 0 fully saturated rings. The number of esters is 2. The molecule has 0 rings (SSSR count). The molecule has 0 aliphatic heterocycles. The van der Waals surface area contributed by atoms with Gasteiger partial charge in [-0.2, -0.15) is 0 Å². The van der Waals surface area contributed by atoms with Gasteiger partial charge in [-0.15, -0.1) is 0 Å². The Kier molecular flexibility index (Phi) is 29.9. The molecule has 0 radical (unpaired) electrons. The lowest BCUT2D eigenvalue weighted by molar-refractivity contribution is -0.155. The van der Waals surface area contributed by atoms with E-state index in [-0.39, 0.29) is 18.5 Å². The molecule has 48 heavy (non-hydrogen) atoms. The summed E-state index contributed by atoms with van der Waals surface area (Å²) >= 11 is 0. The van der Waals surface area contributed by atoms with Gasteiger partial charge in [0, 0.05) is 6.54 Å². The van der Waals surface area contributed by atoms with Crippen LogP contribution in [0.2, 0.25) is 0 Å². The molecule has 0 amide bonds. The van der Waals surface area contributed by atoms with Gasteiger partial charge in [0.1, 0.15) is 0 Å². The highest BCUT2D eigenvalue weighted by molar-refractivity contribution is 5.76. The number of ether oxygens (including phenoxy) is 2. The summed E-state index contributed by atoms with van der Waals surface area (Å²) in [7, 11) is 0. The highest BCUT2D eigenvalue weighted by Crippen LogP contribution is 2.27. The van der Waals surface area contributed by atoms with Gasteiger partial charge in [-0.1, -0.05) is 136 Å². The van der Waals surface area contributed by atoms with Crippen LogP contribution < -0.4 is 0 Å². The zero-order valence-electron chi connectivity index (χ0n) is 33.3. The Morgan fingerprint density at radius 1 is 0.542 bits per heavy atom. The SMILES string of the molecule is CCCCCCCCCOC(=O)C(C)(C)CCCCCCN(CCO)CCCCCCC(C)(C)C(=O)OCCCCCCC(CC)CC. The number of unbranched alkanes of at least 4 members (excludes halogenated alkanes) is 15. The van der Waals surface area contributed by atoms with Gasteiger partial charge < -0.3 is 19.5 Å². The van der Waals surface area contributed by atoms with Crippen molar-refractivity contribution in [3.8, 4) is 0 Å². The fourth-order valence-electron chi connectivity index (χ4n) is 6.56. The van der Waals surface area contributed by atoms with Crippen LogP contribution in [0.25, 0.3) is 0 Å². The molecular formula is C42H83NO5. The van der Waals surface area contributed by atoms with Crippen LogP contribution in [0.5, 0.6) is 0 Å². The van der Waals surface area contributed by atoms with Crippen LogP contribution in [0, 0.1) is 16.7 Å².